The Bertz CT molecular complexity index is 872. The highest BCUT2D eigenvalue weighted by Crippen LogP contribution is 2.30. The van der Waals surface area contributed by atoms with Crippen molar-refractivity contribution in [2.45, 2.75) is 58.3 Å². The van der Waals surface area contributed by atoms with Crippen molar-refractivity contribution in [1.29, 1.82) is 0 Å². The Balaban J connectivity index is 2.52. The van der Waals surface area contributed by atoms with Crippen LogP contribution in [0.3, 0.4) is 0 Å². The van der Waals surface area contributed by atoms with Crippen LogP contribution < -0.4 is 11.1 Å². The fourth-order valence-electron chi connectivity index (χ4n) is 2.67. The number of ether oxygens (including phenoxy) is 1. The molecule has 2 aromatic rings. The van der Waals surface area contributed by atoms with Crippen LogP contribution in [0.1, 0.15) is 52.8 Å². The summed E-state index contributed by atoms with van der Waals surface area (Å²) in [6, 6.07) is 9.40. The molecule has 0 fully saturated rings. The van der Waals surface area contributed by atoms with Gasteiger partial charge in [-0.25, -0.2) is 14.2 Å². The molecule has 0 radical (unpaired) electrons. The number of benzene rings is 1. The van der Waals surface area contributed by atoms with Gasteiger partial charge in [0.1, 0.15) is 17.0 Å². The lowest BCUT2D eigenvalue weighted by atomic mass is 9.90. The summed E-state index contributed by atoms with van der Waals surface area (Å²) >= 11 is 0. The number of aliphatic hydroxyl groups is 1. The van der Waals surface area contributed by atoms with Crippen molar-refractivity contribution in [1.82, 2.24) is 10.3 Å². The van der Waals surface area contributed by atoms with E-state index in [1.165, 1.54) is 12.1 Å². The second kappa shape index (κ2) is 8.08. The van der Waals surface area contributed by atoms with Crippen molar-refractivity contribution in [3.63, 3.8) is 0 Å². The van der Waals surface area contributed by atoms with Crippen LogP contribution in [0.25, 0.3) is 11.3 Å². The molecule has 29 heavy (non-hydrogen) atoms. The average Bonchev–Trinajstić information content (AvgIpc) is 2.59. The lowest BCUT2D eigenvalue weighted by Crippen LogP contribution is -2.44. The van der Waals surface area contributed by atoms with E-state index in [1.54, 1.807) is 52.0 Å². The van der Waals surface area contributed by atoms with Crippen molar-refractivity contribution in [3.05, 3.63) is 53.5 Å². The fraction of sp³-hybridized carbons (Fsp3) is 0.455. The largest absolute Gasteiger partial charge is 0.444 e. The first-order valence-corrected chi connectivity index (χ1v) is 9.46. The molecule has 1 aromatic carbocycles. The molecule has 0 spiro atoms. The Hall–Kier alpha value is -2.51. The first-order chi connectivity index (χ1) is 13.2. The molecule has 0 saturated heterocycles. The second-order valence-corrected chi connectivity index (χ2v) is 8.86. The number of rotatable bonds is 5. The highest BCUT2D eigenvalue weighted by molar-refractivity contribution is 5.69. The molecule has 1 amide bonds. The van der Waals surface area contributed by atoms with Gasteiger partial charge in [-0.1, -0.05) is 0 Å². The summed E-state index contributed by atoms with van der Waals surface area (Å²) in [4.78, 5) is 16.8. The van der Waals surface area contributed by atoms with Gasteiger partial charge in [-0.15, -0.1) is 0 Å². The average molecular weight is 403 g/mol. The van der Waals surface area contributed by atoms with Gasteiger partial charge in [-0.2, -0.15) is 0 Å². The van der Waals surface area contributed by atoms with Crippen molar-refractivity contribution in [2.24, 2.45) is 5.73 Å². The minimum atomic E-state index is -1.37. The van der Waals surface area contributed by atoms with Crippen LogP contribution in [0, 0.1) is 5.82 Å². The van der Waals surface area contributed by atoms with E-state index in [4.69, 9.17) is 10.5 Å². The molecular weight excluding hydrogens is 373 g/mol. The van der Waals surface area contributed by atoms with Crippen LogP contribution in [0.5, 0.6) is 0 Å². The second-order valence-electron chi connectivity index (χ2n) is 8.86. The zero-order chi connectivity index (χ0) is 22.0. The molecule has 7 heteroatoms. The van der Waals surface area contributed by atoms with E-state index in [1.807, 2.05) is 13.8 Å². The Morgan fingerprint density at radius 1 is 1.14 bits per heavy atom. The molecule has 0 bridgehead atoms. The van der Waals surface area contributed by atoms with Gasteiger partial charge < -0.3 is 20.9 Å². The molecule has 1 unspecified atom stereocenters. The highest BCUT2D eigenvalue weighted by atomic mass is 19.1. The van der Waals surface area contributed by atoms with Gasteiger partial charge in [0.05, 0.1) is 16.9 Å². The molecular formula is C22H30FN3O3. The first kappa shape index (κ1) is 22.8. The van der Waals surface area contributed by atoms with Gasteiger partial charge in [0.2, 0.25) is 0 Å². The maximum atomic E-state index is 13.3. The van der Waals surface area contributed by atoms with E-state index in [0.29, 0.717) is 22.5 Å². The predicted molar refractivity (Wildman–Crippen MR) is 111 cm³/mol. The summed E-state index contributed by atoms with van der Waals surface area (Å²) in [6.07, 6.45) is -0.560. The lowest BCUT2D eigenvalue weighted by Gasteiger charge is -2.31. The van der Waals surface area contributed by atoms with Gasteiger partial charge in [0.25, 0.3) is 0 Å². The molecule has 0 aliphatic heterocycles. The third kappa shape index (κ3) is 5.98. The van der Waals surface area contributed by atoms with Crippen LogP contribution in [-0.4, -0.2) is 28.3 Å². The van der Waals surface area contributed by atoms with Crippen LogP contribution in [-0.2, 0) is 15.9 Å². The van der Waals surface area contributed by atoms with Crippen molar-refractivity contribution in [3.8, 4) is 11.3 Å². The minimum absolute atomic E-state index is 0.0355. The number of carbonyl (C=O) groups excluding carboxylic acids is 1. The molecule has 158 valence electrons. The Morgan fingerprint density at radius 2 is 1.72 bits per heavy atom. The number of nitrogens with two attached hydrogens (primary N) is 1. The first-order valence-electron chi connectivity index (χ1n) is 9.46. The van der Waals surface area contributed by atoms with Gasteiger partial charge in [0.15, 0.2) is 0 Å². The standard InChI is InChI=1S/C22H30FN3O3/c1-20(2,3)29-19(27)26-21(4,5)15-11-17(14-7-9-16(23)10-8-14)25-18(12-15)22(6,28)13-24/h7-12,28H,13,24H2,1-6H3,(H,26,27). The molecule has 1 atom stereocenters. The molecule has 1 heterocycles. The Labute approximate surface area is 171 Å². The monoisotopic (exact) mass is 403 g/mol. The molecule has 2 rings (SSSR count). The molecule has 6 nitrogen and oxygen atoms in total. The summed E-state index contributed by atoms with van der Waals surface area (Å²) in [7, 11) is 0. The van der Waals surface area contributed by atoms with Gasteiger partial charge >= 0.3 is 6.09 Å². The number of hydrogen-bond acceptors (Lipinski definition) is 5. The zero-order valence-electron chi connectivity index (χ0n) is 17.8. The summed E-state index contributed by atoms with van der Waals surface area (Å²) in [6.45, 7) is 10.5. The van der Waals surface area contributed by atoms with E-state index in [2.05, 4.69) is 10.3 Å². The van der Waals surface area contributed by atoms with Crippen LogP contribution in [0.15, 0.2) is 36.4 Å². The summed E-state index contributed by atoms with van der Waals surface area (Å²) in [5.74, 6) is -0.356. The molecule has 4 N–H and O–H groups in total. The predicted octanol–water partition coefficient (Wildman–Crippen LogP) is 3.81. The number of nitrogens with zero attached hydrogens (tertiary/aromatic N) is 1. The number of carbonyl (C=O) groups is 1. The highest BCUT2D eigenvalue weighted by Gasteiger charge is 2.30. The Kier molecular flexibility index (Phi) is 6.35. The van der Waals surface area contributed by atoms with Gasteiger partial charge in [-0.3, -0.25) is 0 Å². The quantitative estimate of drug-likeness (QED) is 0.705. The molecule has 0 aliphatic rings. The zero-order valence-corrected chi connectivity index (χ0v) is 17.8. The van der Waals surface area contributed by atoms with Gasteiger partial charge in [0, 0.05) is 12.1 Å². The van der Waals surface area contributed by atoms with Crippen molar-refractivity contribution < 1.29 is 19.0 Å². The number of pyridine rings is 1. The molecule has 1 aromatic heterocycles. The van der Waals surface area contributed by atoms with Crippen molar-refractivity contribution in [2.75, 3.05) is 6.54 Å². The summed E-state index contributed by atoms with van der Waals surface area (Å²) in [5.41, 5.74) is 5.15. The van der Waals surface area contributed by atoms with Crippen LogP contribution in [0.2, 0.25) is 0 Å². The maximum absolute atomic E-state index is 13.3. The van der Waals surface area contributed by atoms with E-state index in [0.717, 1.165) is 0 Å². The van der Waals surface area contributed by atoms with Crippen LogP contribution in [0.4, 0.5) is 9.18 Å². The smallest absolute Gasteiger partial charge is 0.408 e. The number of aromatic nitrogens is 1. The van der Waals surface area contributed by atoms with E-state index >= 15 is 0 Å². The number of halogens is 1. The van der Waals surface area contributed by atoms with Gasteiger partial charge in [-0.05, 0) is 83.5 Å². The number of alkyl carbamates (subject to hydrolysis) is 1. The van der Waals surface area contributed by atoms with Crippen molar-refractivity contribution >= 4 is 6.09 Å². The van der Waals surface area contributed by atoms with Crippen LogP contribution >= 0.6 is 0 Å². The minimum Gasteiger partial charge on any atom is -0.444 e. The lowest BCUT2D eigenvalue weighted by molar-refractivity contribution is 0.0470. The molecule has 0 saturated carbocycles. The fourth-order valence-corrected chi connectivity index (χ4v) is 2.67. The summed E-state index contributed by atoms with van der Waals surface area (Å²) < 4.78 is 18.7. The van der Waals surface area contributed by atoms with E-state index in [9.17, 15) is 14.3 Å². The van der Waals surface area contributed by atoms with E-state index in [-0.39, 0.29) is 12.4 Å². The third-order valence-electron chi connectivity index (χ3n) is 4.45. The third-order valence-corrected chi connectivity index (χ3v) is 4.45. The normalized spacial score (nSPS) is 14.2. The van der Waals surface area contributed by atoms with E-state index < -0.39 is 22.8 Å². The number of nitrogens with one attached hydrogen (secondary N) is 1. The SMILES string of the molecule is CC(C)(C)OC(=O)NC(C)(C)c1cc(-c2ccc(F)cc2)nc(C(C)(O)CN)c1. The topological polar surface area (TPSA) is 97.5 Å². The summed E-state index contributed by atoms with van der Waals surface area (Å²) in [5, 5.41) is 13.5. The number of hydrogen-bond donors (Lipinski definition) is 3. The molecule has 0 aliphatic carbocycles. The maximum Gasteiger partial charge on any atom is 0.408 e. The number of amides is 1. The Morgan fingerprint density at radius 3 is 2.24 bits per heavy atom.